The van der Waals surface area contributed by atoms with Crippen LogP contribution in [-0.2, 0) is 35.5 Å². The third-order valence-corrected chi connectivity index (χ3v) is 5.41. The Morgan fingerprint density at radius 3 is 3.12 bits per heavy atom. The van der Waals surface area contributed by atoms with Crippen LogP contribution in [0.5, 0.6) is 0 Å². The van der Waals surface area contributed by atoms with Crippen molar-refractivity contribution >= 4 is 5.91 Å². The molecule has 2 aliphatic rings. The topological polar surface area (TPSA) is 76.4 Å². The molecule has 2 aromatic rings. The maximum atomic E-state index is 12.4. The van der Waals surface area contributed by atoms with Gasteiger partial charge < -0.3 is 19.7 Å². The molecule has 1 fully saturated rings. The summed E-state index contributed by atoms with van der Waals surface area (Å²) in [6, 6.07) is 6.01. The van der Waals surface area contributed by atoms with Crippen molar-refractivity contribution in [3.63, 3.8) is 0 Å². The third-order valence-electron chi connectivity index (χ3n) is 5.41. The molecule has 0 bridgehead atoms. The number of fused-ring (bicyclic) bond motifs is 1. The first-order valence-corrected chi connectivity index (χ1v) is 9.29. The summed E-state index contributed by atoms with van der Waals surface area (Å²) in [7, 11) is 0. The lowest BCUT2D eigenvalue weighted by Gasteiger charge is -2.19. The van der Waals surface area contributed by atoms with Gasteiger partial charge in [0.25, 0.3) is 0 Å². The van der Waals surface area contributed by atoms with E-state index in [2.05, 4.69) is 22.4 Å². The van der Waals surface area contributed by atoms with E-state index in [0.29, 0.717) is 25.4 Å². The van der Waals surface area contributed by atoms with Crippen molar-refractivity contribution in [3.05, 3.63) is 53.6 Å². The Bertz CT molecular complexity index is 760. The molecule has 0 radical (unpaired) electrons. The van der Waals surface area contributed by atoms with Gasteiger partial charge in [0.15, 0.2) is 0 Å². The molecule has 4 rings (SSSR count). The van der Waals surface area contributed by atoms with E-state index in [9.17, 15) is 9.90 Å². The molecule has 6 heteroatoms. The minimum Gasteiger partial charge on any atom is -0.391 e. The van der Waals surface area contributed by atoms with Crippen LogP contribution >= 0.6 is 0 Å². The van der Waals surface area contributed by atoms with Gasteiger partial charge in [-0.15, -0.1) is 0 Å². The van der Waals surface area contributed by atoms with Crippen molar-refractivity contribution in [1.82, 2.24) is 14.9 Å². The fourth-order valence-electron chi connectivity index (χ4n) is 4.09. The highest BCUT2D eigenvalue weighted by atomic mass is 16.5. The number of aliphatic hydroxyl groups excluding tert-OH is 1. The summed E-state index contributed by atoms with van der Waals surface area (Å²) in [5, 5.41) is 13.3. The lowest BCUT2D eigenvalue weighted by molar-refractivity contribution is -0.121. The maximum Gasteiger partial charge on any atom is 0.224 e. The summed E-state index contributed by atoms with van der Waals surface area (Å²) in [6.45, 7) is 2.24. The summed E-state index contributed by atoms with van der Waals surface area (Å²) in [5.41, 5.74) is 3.52. The SMILES string of the molecule is O=C(Cc1ccc2c(c1)CCOC2)N[C@@H]1CC(Cn2ccnc2)C[C@H]1O. The van der Waals surface area contributed by atoms with E-state index in [1.807, 2.05) is 16.8 Å². The lowest BCUT2D eigenvalue weighted by atomic mass is 9.99. The van der Waals surface area contributed by atoms with Crippen LogP contribution in [0.2, 0.25) is 0 Å². The first-order valence-electron chi connectivity index (χ1n) is 9.29. The van der Waals surface area contributed by atoms with Crippen LogP contribution in [0.3, 0.4) is 0 Å². The molecule has 1 aliphatic heterocycles. The normalized spacial score (nSPS) is 25.0. The molecule has 2 heterocycles. The smallest absolute Gasteiger partial charge is 0.224 e. The number of hydrogen-bond donors (Lipinski definition) is 2. The van der Waals surface area contributed by atoms with Gasteiger partial charge in [0.2, 0.25) is 5.91 Å². The number of rotatable bonds is 5. The summed E-state index contributed by atoms with van der Waals surface area (Å²) in [5.74, 6) is 0.331. The van der Waals surface area contributed by atoms with E-state index in [4.69, 9.17) is 4.74 Å². The molecular weight excluding hydrogens is 330 g/mol. The molecule has 138 valence electrons. The second-order valence-electron chi connectivity index (χ2n) is 7.42. The van der Waals surface area contributed by atoms with Gasteiger partial charge in [-0.05, 0) is 41.9 Å². The van der Waals surface area contributed by atoms with Gasteiger partial charge in [0.1, 0.15) is 0 Å². The number of amides is 1. The molecule has 1 amide bonds. The molecule has 2 N–H and O–H groups in total. The molecule has 1 aliphatic carbocycles. The van der Waals surface area contributed by atoms with Crippen LogP contribution in [0.1, 0.15) is 29.5 Å². The molecule has 0 saturated heterocycles. The van der Waals surface area contributed by atoms with Crippen molar-refractivity contribution in [2.75, 3.05) is 6.61 Å². The summed E-state index contributed by atoms with van der Waals surface area (Å²) in [6.07, 6.45) is 7.77. The zero-order valence-corrected chi connectivity index (χ0v) is 14.8. The lowest BCUT2D eigenvalue weighted by Crippen LogP contribution is -2.40. The van der Waals surface area contributed by atoms with Crippen molar-refractivity contribution in [2.45, 2.75) is 51.0 Å². The number of aliphatic hydroxyl groups is 1. The fourth-order valence-corrected chi connectivity index (χ4v) is 4.09. The molecule has 3 atom stereocenters. The van der Waals surface area contributed by atoms with E-state index in [1.165, 1.54) is 11.1 Å². The fraction of sp³-hybridized carbons (Fsp3) is 0.500. The van der Waals surface area contributed by atoms with Crippen LogP contribution in [0.4, 0.5) is 0 Å². The number of ether oxygens (including phenoxy) is 1. The number of carbonyl (C=O) groups excluding carboxylic acids is 1. The van der Waals surface area contributed by atoms with Crippen LogP contribution in [0.25, 0.3) is 0 Å². The van der Waals surface area contributed by atoms with Gasteiger partial charge in [-0.25, -0.2) is 4.98 Å². The first-order chi connectivity index (χ1) is 12.7. The molecule has 1 aromatic carbocycles. The Labute approximate surface area is 153 Å². The molecule has 1 unspecified atom stereocenters. The first kappa shape index (κ1) is 17.2. The quantitative estimate of drug-likeness (QED) is 0.851. The van der Waals surface area contributed by atoms with Gasteiger partial charge in [-0.3, -0.25) is 4.79 Å². The van der Waals surface area contributed by atoms with E-state index in [-0.39, 0.29) is 11.9 Å². The molecular formula is C20H25N3O3. The zero-order chi connectivity index (χ0) is 17.9. The highest BCUT2D eigenvalue weighted by Gasteiger charge is 2.34. The van der Waals surface area contributed by atoms with Crippen LogP contribution in [0, 0.1) is 5.92 Å². The Kier molecular flexibility index (Phi) is 5.04. The van der Waals surface area contributed by atoms with E-state index in [0.717, 1.165) is 31.6 Å². The van der Waals surface area contributed by atoms with E-state index < -0.39 is 6.10 Å². The average molecular weight is 355 g/mol. The molecule has 0 spiro atoms. The predicted octanol–water partition coefficient (Wildman–Crippen LogP) is 1.45. The predicted molar refractivity (Wildman–Crippen MR) is 96.4 cm³/mol. The highest BCUT2D eigenvalue weighted by molar-refractivity contribution is 5.79. The number of nitrogens with one attached hydrogen (secondary N) is 1. The van der Waals surface area contributed by atoms with Gasteiger partial charge in [0.05, 0.1) is 38.1 Å². The van der Waals surface area contributed by atoms with Crippen LogP contribution in [-0.4, -0.2) is 39.3 Å². The third kappa shape index (κ3) is 3.97. The largest absolute Gasteiger partial charge is 0.391 e. The number of aromatic nitrogens is 2. The van der Waals surface area contributed by atoms with Crippen molar-refractivity contribution in [3.8, 4) is 0 Å². The van der Waals surface area contributed by atoms with Gasteiger partial charge in [0, 0.05) is 18.9 Å². The Hall–Kier alpha value is -2.18. The summed E-state index contributed by atoms with van der Waals surface area (Å²) in [4.78, 5) is 16.5. The standard InChI is InChI=1S/C20H25N3O3/c24-19-9-15(11-23-5-4-21-13-23)8-18(19)22-20(25)10-14-1-2-17-12-26-6-3-16(17)7-14/h1-2,4-5,7,13,15,18-19,24H,3,6,8-12H2,(H,22,25)/t15?,18-,19-/m1/s1. The number of nitrogens with zero attached hydrogens (tertiary/aromatic N) is 2. The second kappa shape index (κ2) is 7.60. The Morgan fingerprint density at radius 1 is 1.35 bits per heavy atom. The number of benzene rings is 1. The molecule has 1 saturated carbocycles. The van der Waals surface area contributed by atoms with Crippen molar-refractivity contribution < 1.29 is 14.6 Å². The number of imidazole rings is 1. The Morgan fingerprint density at radius 2 is 2.27 bits per heavy atom. The van der Waals surface area contributed by atoms with E-state index >= 15 is 0 Å². The summed E-state index contributed by atoms with van der Waals surface area (Å²) >= 11 is 0. The van der Waals surface area contributed by atoms with Crippen LogP contribution in [0.15, 0.2) is 36.9 Å². The Balaban J connectivity index is 1.31. The monoisotopic (exact) mass is 355 g/mol. The van der Waals surface area contributed by atoms with Gasteiger partial charge >= 0.3 is 0 Å². The van der Waals surface area contributed by atoms with Crippen molar-refractivity contribution in [1.29, 1.82) is 0 Å². The zero-order valence-electron chi connectivity index (χ0n) is 14.8. The van der Waals surface area contributed by atoms with E-state index in [1.54, 1.807) is 12.5 Å². The van der Waals surface area contributed by atoms with Gasteiger partial charge in [-0.1, -0.05) is 18.2 Å². The highest BCUT2D eigenvalue weighted by Crippen LogP contribution is 2.27. The molecule has 6 nitrogen and oxygen atoms in total. The second-order valence-corrected chi connectivity index (χ2v) is 7.42. The molecule has 1 aromatic heterocycles. The number of hydrogen-bond acceptors (Lipinski definition) is 4. The number of carbonyl (C=O) groups is 1. The molecule has 26 heavy (non-hydrogen) atoms. The van der Waals surface area contributed by atoms with Gasteiger partial charge in [-0.2, -0.15) is 0 Å². The minimum absolute atomic E-state index is 0.0238. The maximum absolute atomic E-state index is 12.4. The van der Waals surface area contributed by atoms with Crippen molar-refractivity contribution in [2.24, 2.45) is 5.92 Å². The summed E-state index contributed by atoms with van der Waals surface area (Å²) < 4.78 is 7.48. The van der Waals surface area contributed by atoms with Crippen LogP contribution < -0.4 is 5.32 Å². The minimum atomic E-state index is -0.479. The average Bonchev–Trinajstić information content (AvgIpc) is 3.25.